The summed E-state index contributed by atoms with van der Waals surface area (Å²) >= 11 is 0. The topological polar surface area (TPSA) is 239 Å². The molecule has 3 fully saturated rings. The summed E-state index contributed by atoms with van der Waals surface area (Å²) in [6.07, 6.45) is 18.1. The minimum atomic E-state index is -0.0792. The van der Waals surface area contributed by atoms with Crippen molar-refractivity contribution in [2.75, 3.05) is 0 Å². The molecule has 21 heteroatoms. The number of rotatable bonds is 6. The molecule has 18 nitrogen and oxygen atoms in total. The molecule has 12 aromatic heterocycles. The predicted molar refractivity (Wildman–Crippen MR) is 561 cm³/mol. The van der Waals surface area contributed by atoms with Gasteiger partial charge in [0.05, 0.1) is 34.2 Å². The van der Waals surface area contributed by atoms with Crippen molar-refractivity contribution in [2.45, 2.75) is 292 Å². The first-order valence-electron chi connectivity index (χ1n) is 49.4. The summed E-state index contributed by atoms with van der Waals surface area (Å²) in [4.78, 5) is 27.6. The van der Waals surface area contributed by atoms with Crippen molar-refractivity contribution in [3.8, 4) is 68.3 Å². The number of pyridine rings is 6. The maximum Gasteiger partial charge on any atom is 2.00 e. The van der Waals surface area contributed by atoms with Gasteiger partial charge in [-0.3, -0.25) is 29.9 Å². The monoisotopic (exact) mass is 2410 g/mol. The molecule has 3 saturated carbocycles. The van der Waals surface area contributed by atoms with E-state index in [-0.39, 0.29) is 128 Å². The Labute approximate surface area is 875 Å². The Balaban J connectivity index is 0.000000132. The van der Waals surface area contributed by atoms with E-state index in [0.29, 0.717) is 17.8 Å². The SMILES string of the molecule is CC(C)(C)c1cc(-c2cc3cc4ccccc4cc3c(-c3[n-]nc4c3C3CCC4(C)C3(C)C)n2)[n-]n1.CC(C)(C)c1cc(-c2cc3cc4ccccc4cc3c(-c3cc(C(C)(C)C)n[n-]3)n2)[n-]n1.CC(C)(C)c1ccncc1.CC(C)(C)c1ccncc1.CC(C)(C)c1ccncc1.CC12CCC(c3c1n[n-]c3-c1cc3cc4ccccc4cc3c(-c3[n-]nc4c3C3CCC4(C)C3(C)C)n1)C2(C)C.[Pt+2].[Pt+2].[Pt+2]. The fourth-order valence-electron chi connectivity index (χ4n) is 22.7. The van der Waals surface area contributed by atoms with Crippen LogP contribution in [-0.2, 0) is 112 Å². The summed E-state index contributed by atoms with van der Waals surface area (Å²) in [6.45, 7) is 60.7. The zero-order chi connectivity index (χ0) is 97.9. The Morgan fingerprint density at radius 3 is 0.801 bits per heavy atom. The van der Waals surface area contributed by atoms with Crippen LogP contribution >= 0.6 is 0 Å². The van der Waals surface area contributed by atoms with E-state index in [4.69, 9.17) is 45.5 Å². The average molecular weight is 2410 g/mol. The molecule has 0 aliphatic heterocycles. The molecule has 141 heavy (non-hydrogen) atoms. The molecule has 6 aliphatic rings. The fourth-order valence-corrected chi connectivity index (χ4v) is 22.7. The zero-order valence-corrected chi connectivity index (χ0v) is 93.6. The normalized spacial score (nSPS) is 19.7. The van der Waals surface area contributed by atoms with Crippen LogP contribution < -0.4 is 30.6 Å². The van der Waals surface area contributed by atoms with Gasteiger partial charge in [0.25, 0.3) is 0 Å². The van der Waals surface area contributed by atoms with Gasteiger partial charge >= 0.3 is 63.2 Å². The number of hydrogen-bond acceptors (Lipinski definition) is 12. The van der Waals surface area contributed by atoms with Gasteiger partial charge in [0, 0.05) is 120 Å². The van der Waals surface area contributed by atoms with Crippen molar-refractivity contribution in [3.63, 3.8) is 0 Å². The van der Waals surface area contributed by atoms with E-state index in [0.717, 1.165) is 112 Å². The summed E-state index contributed by atoms with van der Waals surface area (Å²) in [5, 5.41) is 69.9. The third-order valence-electron chi connectivity index (χ3n) is 32.7. The summed E-state index contributed by atoms with van der Waals surface area (Å²) in [5.74, 6) is 1.38. The van der Waals surface area contributed by atoms with Gasteiger partial charge in [-0.2, -0.15) is 0 Å². The van der Waals surface area contributed by atoms with Gasteiger partial charge < -0.3 is 61.2 Å². The molecule has 18 aromatic rings. The van der Waals surface area contributed by atoms with Crippen molar-refractivity contribution in [3.05, 3.63) is 287 Å². The van der Waals surface area contributed by atoms with Crippen LogP contribution in [0.15, 0.2) is 219 Å². The van der Waals surface area contributed by atoms with Crippen molar-refractivity contribution in [1.82, 2.24) is 91.1 Å². The second-order valence-corrected chi connectivity index (χ2v) is 48.2. The van der Waals surface area contributed by atoms with E-state index in [1.165, 1.54) is 127 Å². The number of aromatic nitrogens is 18. The maximum absolute atomic E-state index is 5.45. The van der Waals surface area contributed by atoms with Crippen molar-refractivity contribution >= 4 is 64.6 Å². The molecule has 6 unspecified atom stereocenters. The zero-order valence-electron chi connectivity index (χ0n) is 86.8. The van der Waals surface area contributed by atoms with Gasteiger partial charge in [0.15, 0.2) is 0 Å². The predicted octanol–water partition coefficient (Wildman–Crippen LogP) is 27.8. The Morgan fingerprint density at radius 2 is 0.511 bits per heavy atom. The van der Waals surface area contributed by atoms with Gasteiger partial charge in [-0.15, -0.1) is 0 Å². The van der Waals surface area contributed by atoms with Crippen LogP contribution in [0.5, 0.6) is 0 Å². The van der Waals surface area contributed by atoms with Crippen LogP contribution in [0.4, 0.5) is 0 Å². The molecule has 24 rings (SSSR count). The van der Waals surface area contributed by atoms with Crippen LogP contribution in [0.25, 0.3) is 133 Å². The smallest absolute Gasteiger partial charge is 0.573 e. The Hall–Kier alpha value is -10.9. The Bertz CT molecular complexity index is 7540. The largest absolute Gasteiger partial charge is 2.00 e. The van der Waals surface area contributed by atoms with Crippen molar-refractivity contribution in [2.24, 2.45) is 16.2 Å². The van der Waals surface area contributed by atoms with Crippen LogP contribution in [0.2, 0.25) is 0 Å². The number of nitrogens with zero attached hydrogens (tertiary/aromatic N) is 18. The molecule has 6 aromatic carbocycles. The van der Waals surface area contributed by atoms with E-state index in [2.05, 4.69) is 408 Å². The van der Waals surface area contributed by atoms with Crippen molar-refractivity contribution in [1.29, 1.82) is 0 Å². The third-order valence-corrected chi connectivity index (χ3v) is 32.7. The molecule has 0 amide bonds. The second-order valence-electron chi connectivity index (χ2n) is 48.2. The first kappa shape index (κ1) is 103. The number of hydrogen-bond donors (Lipinski definition) is 0. The molecule has 6 aliphatic carbocycles. The summed E-state index contributed by atoms with van der Waals surface area (Å²) < 4.78 is 0. The Morgan fingerprint density at radius 1 is 0.255 bits per heavy atom. The Kier molecular flexibility index (Phi) is 27.3. The summed E-state index contributed by atoms with van der Waals surface area (Å²) in [7, 11) is 0. The average Bonchev–Trinajstić information content (AvgIpc) is 1.52. The van der Waals surface area contributed by atoms with Gasteiger partial charge in [-0.05, 0) is 262 Å². The molecule has 6 bridgehead atoms. The van der Waals surface area contributed by atoms with Crippen molar-refractivity contribution < 1.29 is 63.2 Å². The first-order chi connectivity index (χ1) is 65.0. The van der Waals surface area contributed by atoms with Crippen LogP contribution in [0, 0.1) is 16.2 Å². The molecule has 0 saturated heterocycles. The summed E-state index contributed by atoms with van der Waals surface area (Å²) in [6, 6.07) is 64.0. The van der Waals surface area contributed by atoms with Gasteiger partial charge in [0.2, 0.25) is 0 Å². The maximum atomic E-state index is 5.45. The first-order valence-corrected chi connectivity index (χ1v) is 49.4. The van der Waals surface area contributed by atoms with Crippen LogP contribution in [-0.4, -0.2) is 60.5 Å². The number of fused-ring (bicyclic) bond motifs is 21. The minimum absolute atomic E-state index is 0. The number of benzene rings is 6. The third kappa shape index (κ3) is 18.4. The van der Waals surface area contributed by atoms with E-state index in [1.807, 2.05) is 43.2 Å². The molecule has 0 radical (unpaired) electrons. The molecule has 0 spiro atoms. The minimum Gasteiger partial charge on any atom is -0.573 e. The van der Waals surface area contributed by atoms with E-state index in [1.54, 1.807) is 0 Å². The summed E-state index contributed by atoms with van der Waals surface area (Å²) in [5.41, 5.74) is 26.2. The molecular weight excluding hydrogens is 2280 g/mol. The molecule has 6 atom stereocenters. The molecule has 12 heterocycles. The van der Waals surface area contributed by atoms with E-state index in [9.17, 15) is 0 Å². The van der Waals surface area contributed by atoms with Crippen LogP contribution in [0.1, 0.15) is 311 Å². The standard InChI is InChI=1S/C35H35N5.C31H31N5.C27H27N5.3C9H13N.3Pt/c1-32(2)22-11-13-34(32,5)30-25(22)28(37-39-30)24-17-20-15-18-9-7-8-10-19(18)16-21(20)27(36-24)29-26-23-12-14-35(6,33(23,3)4)31(26)40-38-29;1-29(2,3)24-16-23(33-34-24)22-15-19-13-17-9-7-8-10-18(17)14-20(19)26(32-22)27-25-21-11-12-31(6,30(21,4)5)28(25)36-35-27;1-26(2,3)23-14-21(29-31-23)20-13-18-11-16-9-7-8-10-17(16)12-19(18)25(28-20)22-15-24(32-30-22)27(4,5)6;3*1-9(2,3)8-4-6-10-7-5-8;;;/h7-10,15-17,22-23H,11-14H2,1-6H3;7-10,13-16,21H,11-12H2,1-6H3;7-15H,1-6H3;3*4-7H,1-3H3;;;/q3*-2;;;;3*+2. The molecule has 0 N–H and O–H groups in total. The van der Waals surface area contributed by atoms with Gasteiger partial charge in [-0.1, -0.05) is 312 Å². The quantitative estimate of drug-likeness (QED) is 0.141. The van der Waals surface area contributed by atoms with E-state index < -0.39 is 0 Å². The molecular formula is C120H132N18Pt3. The second kappa shape index (κ2) is 37.4. The van der Waals surface area contributed by atoms with E-state index >= 15 is 0 Å². The van der Waals surface area contributed by atoms with Crippen LogP contribution in [0.3, 0.4) is 0 Å². The van der Waals surface area contributed by atoms with Gasteiger partial charge in [-0.25, -0.2) is 0 Å². The van der Waals surface area contributed by atoms with Gasteiger partial charge in [0.1, 0.15) is 0 Å². The fraction of sp³-hybridized carbons (Fsp3) is 0.400. The molecule has 732 valence electrons.